The number of hydrogen-bond donors (Lipinski definition) is 3. The number of nitrogens with two attached hydrogens (primary N) is 1. The topological polar surface area (TPSA) is 93.0 Å². The van der Waals surface area contributed by atoms with Crippen LogP contribution in [0.1, 0.15) is 27.0 Å². The number of aromatic amines is 1. The van der Waals surface area contributed by atoms with Gasteiger partial charge in [0, 0.05) is 5.56 Å². The van der Waals surface area contributed by atoms with Crippen molar-refractivity contribution in [3.05, 3.63) is 89.0 Å². The van der Waals surface area contributed by atoms with Gasteiger partial charge in [-0.25, -0.2) is 4.98 Å². The Morgan fingerprint density at radius 2 is 1.74 bits per heavy atom. The summed E-state index contributed by atoms with van der Waals surface area (Å²) in [7, 11) is 0. The average Bonchev–Trinajstić information content (AvgIpc) is 3.40. The number of nitrogens with zero attached hydrogens (tertiary/aromatic N) is 1. The molecule has 0 radical (unpaired) electrons. The Morgan fingerprint density at radius 1 is 0.971 bits per heavy atom. The third kappa shape index (κ3) is 3.85. The average molecular weight is 469 g/mol. The summed E-state index contributed by atoms with van der Waals surface area (Å²) in [5, 5.41) is 3.80. The van der Waals surface area contributed by atoms with Gasteiger partial charge in [0.1, 0.15) is 10.8 Å². The van der Waals surface area contributed by atoms with Crippen molar-refractivity contribution >= 4 is 33.3 Å². The van der Waals surface area contributed by atoms with E-state index < -0.39 is 0 Å². The van der Waals surface area contributed by atoms with E-state index in [0.717, 1.165) is 48.6 Å². The summed E-state index contributed by atoms with van der Waals surface area (Å²) in [5.74, 6) is 6.33. The van der Waals surface area contributed by atoms with E-state index in [4.69, 9.17) is 15.7 Å². The Labute approximate surface area is 201 Å². The summed E-state index contributed by atoms with van der Waals surface area (Å²) in [6.45, 7) is 6.01. The highest BCUT2D eigenvalue weighted by Crippen LogP contribution is 2.47. The maximum absolute atomic E-state index is 13.2. The molecule has 170 valence electrons. The highest BCUT2D eigenvalue weighted by Gasteiger charge is 2.26. The van der Waals surface area contributed by atoms with Gasteiger partial charge in [0.2, 0.25) is 5.88 Å². The molecule has 5 aromatic rings. The predicted octanol–water partition coefficient (Wildman–Crippen LogP) is 6.39. The normalized spacial score (nSPS) is 11.1. The van der Waals surface area contributed by atoms with Crippen LogP contribution in [-0.4, -0.2) is 15.9 Å². The summed E-state index contributed by atoms with van der Waals surface area (Å²) in [6.07, 6.45) is 0. The fourth-order valence-corrected chi connectivity index (χ4v) is 5.24. The third-order valence-corrected chi connectivity index (χ3v) is 6.92. The van der Waals surface area contributed by atoms with Crippen LogP contribution in [0.25, 0.3) is 31.9 Å². The number of fused-ring (bicyclic) bond motifs is 1. The Morgan fingerprint density at radius 3 is 2.47 bits per heavy atom. The van der Waals surface area contributed by atoms with Gasteiger partial charge in [0.25, 0.3) is 5.91 Å². The number of benzene rings is 3. The second kappa shape index (κ2) is 8.78. The number of carbonyl (C=O) groups excluding carboxylic acids is 1. The third-order valence-electron chi connectivity index (χ3n) is 5.87. The molecule has 0 fully saturated rings. The van der Waals surface area contributed by atoms with E-state index in [1.165, 1.54) is 0 Å². The van der Waals surface area contributed by atoms with Gasteiger partial charge in [-0.05, 0) is 55.7 Å². The van der Waals surface area contributed by atoms with Crippen LogP contribution in [0.2, 0.25) is 0 Å². The summed E-state index contributed by atoms with van der Waals surface area (Å²) < 4.78 is 1.05. The molecule has 2 heterocycles. The Bertz CT molecular complexity index is 1500. The minimum absolute atomic E-state index is 0.225. The van der Waals surface area contributed by atoms with Gasteiger partial charge >= 0.3 is 0 Å². The number of hydrogen-bond acceptors (Lipinski definition) is 5. The molecule has 2 aromatic heterocycles. The number of nitrogens with one attached hydrogen (secondary N) is 2. The molecule has 0 spiro atoms. The summed E-state index contributed by atoms with van der Waals surface area (Å²) >= 11 is 1.55. The number of aromatic nitrogens is 2. The lowest BCUT2D eigenvalue weighted by atomic mass is 9.97. The number of thiazole rings is 1. The fourth-order valence-electron chi connectivity index (χ4n) is 4.21. The lowest BCUT2D eigenvalue weighted by molar-refractivity contribution is 0.102. The molecular weight excluding hydrogens is 444 g/mol. The van der Waals surface area contributed by atoms with Crippen molar-refractivity contribution in [1.29, 1.82) is 0 Å². The number of H-pyrrole nitrogens is 1. The number of anilines is 1. The maximum Gasteiger partial charge on any atom is 0.257 e. The number of para-hydroxylation sites is 1. The van der Waals surface area contributed by atoms with E-state index in [-0.39, 0.29) is 5.91 Å². The minimum Gasteiger partial charge on any atom is -0.392 e. The molecule has 6 nitrogen and oxygen atoms in total. The van der Waals surface area contributed by atoms with Gasteiger partial charge in [-0.2, -0.15) is 5.90 Å². The second-order valence-electron chi connectivity index (χ2n) is 8.27. The number of rotatable bonds is 5. The standard InChI is InChI=1S/C27H24N4O2S/c1-15-12-13-18(17(3)14-15)22-23(27-29-20-10-6-7-11-21(20)34-27)24(31-26(22)33-28)30-25(32)19-9-5-4-8-16(19)2/h4-14,31H,28H2,1-3H3,(H,30,32). The van der Waals surface area contributed by atoms with E-state index in [9.17, 15) is 4.79 Å². The Balaban J connectivity index is 1.73. The molecule has 3 aromatic carbocycles. The lowest BCUT2D eigenvalue weighted by Crippen LogP contribution is -2.14. The van der Waals surface area contributed by atoms with Gasteiger partial charge in [-0.1, -0.05) is 54.1 Å². The maximum atomic E-state index is 13.2. The smallest absolute Gasteiger partial charge is 0.257 e. The summed E-state index contributed by atoms with van der Waals surface area (Å²) in [4.78, 5) is 26.6. The Hall–Kier alpha value is -3.94. The zero-order valence-corrected chi connectivity index (χ0v) is 19.9. The monoisotopic (exact) mass is 468 g/mol. The van der Waals surface area contributed by atoms with Crippen LogP contribution >= 0.6 is 11.3 Å². The molecule has 0 unspecified atom stereocenters. The molecule has 1 amide bonds. The van der Waals surface area contributed by atoms with Crippen molar-refractivity contribution in [2.75, 3.05) is 5.32 Å². The molecule has 0 aliphatic heterocycles. The fraction of sp³-hybridized carbons (Fsp3) is 0.111. The highest BCUT2D eigenvalue weighted by molar-refractivity contribution is 7.21. The first-order valence-electron chi connectivity index (χ1n) is 10.9. The number of amides is 1. The van der Waals surface area contributed by atoms with E-state index in [0.29, 0.717) is 17.3 Å². The summed E-state index contributed by atoms with van der Waals surface area (Å²) in [5.41, 5.74) is 7.05. The van der Waals surface area contributed by atoms with E-state index in [2.05, 4.69) is 23.3 Å². The zero-order chi connectivity index (χ0) is 23.8. The first kappa shape index (κ1) is 21.9. The van der Waals surface area contributed by atoms with Crippen molar-refractivity contribution in [3.8, 4) is 27.6 Å². The van der Waals surface area contributed by atoms with Gasteiger partial charge in [0.15, 0.2) is 0 Å². The van der Waals surface area contributed by atoms with Crippen LogP contribution in [-0.2, 0) is 0 Å². The van der Waals surface area contributed by atoms with Crippen LogP contribution in [0.3, 0.4) is 0 Å². The second-order valence-corrected chi connectivity index (χ2v) is 9.30. The van der Waals surface area contributed by atoms with E-state index in [1.807, 2.05) is 68.4 Å². The SMILES string of the molecule is Cc1ccc(-c2c(ON)[nH]c(NC(=O)c3ccccc3C)c2-c2nc3ccccc3s2)c(C)c1. The van der Waals surface area contributed by atoms with Crippen molar-refractivity contribution in [2.24, 2.45) is 5.90 Å². The molecule has 0 saturated heterocycles. The minimum atomic E-state index is -0.225. The van der Waals surface area contributed by atoms with Crippen molar-refractivity contribution in [1.82, 2.24) is 9.97 Å². The van der Waals surface area contributed by atoms with Crippen LogP contribution in [0.4, 0.5) is 5.82 Å². The molecule has 0 atom stereocenters. The molecular formula is C27H24N4O2S. The van der Waals surface area contributed by atoms with Crippen LogP contribution < -0.4 is 16.1 Å². The van der Waals surface area contributed by atoms with Crippen LogP contribution in [0.5, 0.6) is 5.88 Å². The van der Waals surface area contributed by atoms with Gasteiger partial charge in [-0.3, -0.25) is 4.79 Å². The van der Waals surface area contributed by atoms with Gasteiger partial charge in [0.05, 0.1) is 21.3 Å². The highest BCUT2D eigenvalue weighted by atomic mass is 32.1. The van der Waals surface area contributed by atoms with E-state index >= 15 is 0 Å². The molecule has 0 bridgehead atoms. The molecule has 4 N–H and O–H groups in total. The number of carbonyl (C=O) groups is 1. The Kier molecular flexibility index (Phi) is 5.65. The largest absolute Gasteiger partial charge is 0.392 e. The first-order chi connectivity index (χ1) is 16.5. The van der Waals surface area contributed by atoms with Gasteiger partial charge in [-0.15, -0.1) is 11.3 Å². The molecule has 0 aliphatic rings. The van der Waals surface area contributed by atoms with E-state index in [1.54, 1.807) is 17.4 Å². The quantitative estimate of drug-likeness (QED) is 0.261. The molecule has 0 aliphatic carbocycles. The first-order valence-corrected chi connectivity index (χ1v) is 11.7. The molecule has 0 saturated carbocycles. The van der Waals surface area contributed by atoms with Crippen LogP contribution in [0.15, 0.2) is 66.7 Å². The molecule has 5 rings (SSSR count). The molecule has 7 heteroatoms. The lowest BCUT2D eigenvalue weighted by Gasteiger charge is -2.11. The van der Waals surface area contributed by atoms with Gasteiger partial charge < -0.3 is 15.1 Å². The summed E-state index contributed by atoms with van der Waals surface area (Å²) in [6, 6.07) is 21.6. The van der Waals surface area contributed by atoms with Crippen molar-refractivity contribution in [2.45, 2.75) is 20.8 Å². The molecule has 34 heavy (non-hydrogen) atoms. The predicted molar refractivity (Wildman–Crippen MR) is 138 cm³/mol. The van der Waals surface area contributed by atoms with Crippen LogP contribution in [0, 0.1) is 20.8 Å². The zero-order valence-electron chi connectivity index (χ0n) is 19.1. The number of aryl methyl sites for hydroxylation is 3. The van der Waals surface area contributed by atoms with Crippen molar-refractivity contribution in [3.63, 3.8) is 0 Å². The van der Waals surface area contributed by atoms with Crippen molar-refractivity contribution < 1.29 is 9.63 Å².